The number of hydrogen-bond donors (Lipinski definition) is 3. The van der Waals surface area contributed by atoms with Gasteiger partial charge in [0, 0.05) is 28.2 Å². The van der Waals surface area contributed by atoms with Crippen molar-refractivity contribution >= 4 is 18.0 Å². The molecule has 0 aromatic carbocycles. The van der Waals surface area contributed by atoms with Crippen molar-refractivity contribution in [3.63, 3.8) is 0 Å². The quantitative estimate of drug-likeness (QED) is 0.576. The van der Waals surface area contributed by atoms with E-state index in [9.17, 15) is 14.4 Å². The van der Waals surface area contributed by atoms with E-state index in [1.807, 2.05) is 0 Å². The van der Waals surface area contributed by atoms with Crippen LogP contribution in [0, 0.1) is 0 Å². The fourth-order valence-electron chi connectivity index (χ4n) is 0.728. The maximum Gasteiger partial charge on any atom is 0.328 e. The Morgan fingerprint density at radius 2 is 1.61 bits per heavy atom. The van der Waals surface area contributed by atoms with E-state index in [-0.39, 0.29) is 6.03 Å². The molecule has 0 aromatic rings. The summed E-state index contributed by atoms with van der Waals surface area (Å²) in [6.45, 7) is 1.54. The largest absolute Gasteiger partial charge is 0.467 e. The number of carbonyl (C=O) groups is 3. The third-order valence-electron chi connectivity index (χ3n) is 1.75. The number of ether oxygens (including phenoxy) is 1. The zero-order valence-corrected chi connectivity index (χ0v) is 11.7. The van der Waals surface area contributed by atoms with E-state index < -0.39 is 18.0 Å². The summed E-state index contributed by atoms with van der Waals surface area (Å²) in [4.78, 5) is 33.1. The lowest BCUT2D eigenvalue weighted by Crippen LogP contribution is -2.43. The first-order valence-corrected chi connectivity index (χ1v) is 5.25. The van der Waals surface area contributed by atoms with Crippen molar-refractivity contribution < 1.29 is 19.1 Å². The van der Waals surface area contributed by atoms with E-state index in [2.05, 4.69) is 20.7 Å². The molecule has 0 saturated heterocycles. The van der Waals surface area contributed by atoms with Gasteiger partial charge in [0.2, 0.25) is 0 Å². The number of methoxy groups -OCH3 is 1. The van der Waals surface area contributed by atoms with Crippen molar-refractivity contribution in [3.05, 3.63) is 0 Å². The van der Waals surface area contributed by atoms with Gasteiger partial charge in [0.15, 0.2) is 0 Å². The molecule has 0 fully saturated rings. The molecular formula is C10H22N4O4. The van der Waals surface area contributed by atoms with Crippen LogP contribution < -0.4 is 16.0 Å². The third-order valence-corrected chi connectivity index (χ3v) is 1.75. The fourth-order valence-corrected chi connectivity index (χ4v) is 0.728. The van der Waals surface area contributed by atoms with Gasteiger partial charge in [-0.1, -0.05) is 0 Å². The van der Waals surface area contributed by atoms with Crippen molar-refractivity contribution in [2.24, 2.45) is 0 Å². The number of amides is 4. The SMILES string of the molecule is CNC(=O)N(C)C.CNC(=O)NC(C)C(=O)OC. The highest BCUT2D eigenvalue weighted by molar-refractivity contribution is 5.82. The summed E-state index contributed by atoms with van der Waals surface area (Å²) in [7, 11) is 7.73. The molecule has 0 rings (SSSR count). The average molecular weight is 262 g/mol. The van der Waals surface area contributed by atoms with Gasteiger partial charge in [0.25, 0.3) is 0 Å². The van der Waals surface area contributed by atoms with Gasteiger partial charge >= 0.3 is 18.0 Å². The second kappa shape index (κ2) is 10.2. The average Bonchev–Trinajstić information content (AvgIpc) is 2.36. The number of hydrogen-bond acceptors (Lipinski definition) is 4. The molecule has 8 nitrogen and oxygen atoms in total. The first-order chi connectivity index (χ1) is 8.29. The Labute approximate surface area is 107 Å². The molecule has 0 heterocycles. The van der Waals surface area contributed by atoms with Crippen LogP contribution in [0.15, 0.2) is 0 Å². The Morgan fingerprint density at radius 1 is 1.11 bits per heavy atom. The topological polar surface area (TPSA) is 99.8 Å². The van der Waals surface area contributed by atoms with Crippen LogP contribution in [0.2, 0.25) is 0 Å². The van der Waals surface area contributed by atoms with E-state index in [0.29, 0.717) is 0 Å². The summed E-state index contributed by atoms with van der Waals surface area (Å²) >= 11 is 0. The summed E-state index contributed by atoms with van der Waals surface area (Å²) in [5.74, 6) is -0.464. The van der Waals surface area contributed by atoms with Crippen LogP contribution in [-0.4, -0.2) is 64.3 Å². The maximum absolute atomic E-state index is 10.7. The van der Waals surface area contributed by atoms with Gasteiger partial charge < -0.3 is 25.6 Å². The van der Waals surface area contributed by atoms with Crippen LogP contribution in [-0.2, 0) is 9.53 Å². The molecule has 0 saturated carbocycles. The molecule has 1 atom stereocenters. The zero-order valence-electron chi connectivity index (χ0n) is 11.7. The second-order valence-electron chi connectivity index (χ2n) is 3.42. The summed E-state index contributed by atoms with van der Waals surface area (Å²) in [6.07, 6.45) is 0. The van der Waals surface area contributed by atoms with Gasteiger partial charge in [0.1, 0.15) is 6.04 Å². The van der Waals surface area contributed by atoms with E-state index in [1.54, 1.807) is 28.1 Å². The Balaban J connectivity index is 0. The molecule has 3 N–H and O–H groups in total. The van der Waals surface area contributed by atoms with Crippen LogP contribution in [0.5, 0.6) is 0 Å². The van der Waals surface area contributed by atoms with Crippen molar-refractivity contribution in [3.8, 4) is 0 Å². The lowest BCUT2D eigenvalue weighted by atomic mass is 10.3. The lowest BCUT2D eigenvalue weighted by Gasteiger charge is -2.09. The van der Waals surface area contributed by atoms with E-state index in [4.69, 9.17) is 0 Å². The molecule has 0 aromatic heterocycles. The van der Waals surface area contributed by atoms with E-state index in [0.717, 1.165) is 0 Å². The monoisotopic (exact) mass is 262 g/mol. The smallest absolute Gasteiger partial charge is 0.328 e. The van der Waals surface area contributed by atoms with Crippen LogP contribution in [0.3, 0.4) is 0 Å². The number of rotatable bonds is 2. The van der Waals surface area contributed by atoms with Gasteiger partial charge in [-0.3, -0.25) is 0 Å². The van der Waals surface area contributed by atoms with Crippen molar-refractivity contribution in [2.75, 3.05) is 35.3 Å². The standard InChI is InChI=1S/C6H12N2O3.C4H10N2O/c1-4(5(9)11-3)8-6(10)7-2;1-5-4(7)6(2)3/h4H,1-3H3,(H2,7,8,10);1-3H3,(H,5,7). The number of esters is 1. The summed E-state index contributed by atoms with van der Waals surface area (Å²) in [5, 5.41) is 7.12. The lowest BCUT2D eigenvalue weighted by molar-refractivity contribution is -0.142. The van der Waals surface area contributed by atoms with Crippen LogP contribution in [0.25, 0.3) is 0 Å². The number of carbonyl (C=O) groups excluding carboxylic acids is 3. The van der Waals surface area contributed by atoms with Gasteiger partial charge in [-0.05, 0) is 6.92 Å². The minimum atomic E-state index is -0.611. The normalized spacial score (nSPS) is 10.1. The Kier molecular flexibility index (Phi) is 10.4. The maximum atomic E-state index is 10.7. The van der Waals surface area contributed by atoms with Gasteiger partial charge in [-0.15, -0.1) is 0 Å². The fraction of sp³-hybridized carbons (Fsp3) is 0.700. The van der Waals surface area contributed by atoms with Gasteiger partial charge in [-0.25, -0.2) is 14.4 Å². The number of nitrogens with zero attached hydrogens (tertiary/aromatic N) is 1. The number of nitrogens with one attached hydrogen (secondary N) is 3. The predicted molar refractivity (Wildman–Crippen MR) is 67.2 cm³/mol. The molecule has 18 heavy (non-hydrogen) atoms. The highest BCUT2D eigenvalue weighted by Crippen LogP contribution is 1.84. The molecule has 0 bridgehead atoms. The van der Waals surface area contributed by atoms with Gasteiger partial charge in [0.05, 0.1) is 7.11 Å². The molecule has 4 amide bonds. The Hall–Kier alpha value is -1.99. The third kappa shape index (κ3) is 9.25. The summed E-state index contributed by atoms with van der Waals surface area (Å²) < 4.78 is 4.38. The van der Waals surface area contributed by atoms with Gasteiger partial charge in [-0.2, -0.15) is 0 Å². The first-order valence-electron chi connectivity index (χ1n) is 5.25. The molecule has 8 heteroatoms. The van der Waals surface area contributed by atoms with Crippen LogP contribution in [0.1, 0.15) is 6.92 Å². The first kappa shape index (κ1) is 18.4. The van der Waals surface area contributed by atoms with Crippen molar-refractivity contribution in [1.29, 1.82) is 0 Å². The highest BCUT2D eigenvalue weighted by atomic mass is 16.5. The molecule has 0 aliphatic rings. The molecule has 0 aliphatic heterocycles. The number of urea groups is 2. The van der Waals surface area contributed by atoms with Crippen molar-refractivity contribution in [2.45, 2.75) is 13.0 Å². The van der Waals surface area contributed by atoms with Crippen molar-refractivity contribution in [1.82, 2.24) is 20.9 Å². The van der Waals surface area contributed by atoms with Crippen LogP contribution in [0.4, 0.5) is 9.59 Å². The summed E-state index contributed by atoms with van der Waals surface area (Å²) in [5.41, 5.74) is 0. The second-order valence-corrected chi connectivity index (χ2v) is 3.42. The molecule has 106 valence electrons. The Morgan fingerprint density at radius 3 is 1.83 bits per heavy atom. The Bertz CT molecular complexity index is 281. The predicted octanol–water partition coefficient (Wildman–Crippen LogP) is -0.636. The van der Waals surface area contributed by atoms with Crippen LogP contribution >= 0.6 is 0 Å². The van der Waals surface area contributed by atoms with E-state index >= 15 is 0 Å². The molecule has 0 aliphatic carbocycles. The van der Waals surface area contributed by atoms with E-state index in [1.165, 1.54) is 19.1 Å². The highest BCUT2D eigenvalue weighted by Gasteiger charge is 2.13. The summed E-state index contributed by atoms with van der Waals surface area (Å²) in [6, 6.07) is -1.08. The molecule has 0 spiro atoms. The minimum absolute atomic E-state index is 0.0694. The molecular weight excluding hydrogens is 240 g/mol. The minimum Gasteiger partial charge on any atom is -0.467 e. The molecule has 0 radical (unpaired) electrons. The zero-order chi connectivity index (χ0) is 14.7. The molecule has 1 unspecified atom stereocenters.